The molecule has 0 saturated carbocycles. The van der Waals surface area contributed by atoms with Crippen LogP contribution >= 0.6 is 0 Å². The number of rotatable bonds is 7. The van der Waals surface area contributed by atoms with Crippen LogP contribution in [0, 0.1) is 0 Å². The summed E-state index contributed by atoms with van der Waals surface area (Å²) in [7, 11) is 0. The fraction of sp³-hybridized carbons (Fsp3) is 0.263. The van der Waals surface area contributed by atoms with Crippen molar-refractivity contribution in [2.24, 2.45) is 0 Å². The number of fused-ring (bicyclic) bond motifs is 2. The van der Waals surface area contributed by atoms with Crippen molar-refractivity contribution in [1.29, 1.82) is 0 Å². The molecular formula is C19H20O3. The van der Waals surface area contributed by atoms with Crippen LogP contribution in [0.4, 0.5) is 0 Å². The van der Waals surface area contributed by atoms with Gasteiger partial charge in [-0.3, -0.25) is 0 Å². The lowest BCUT2D eigenvalue weighted by Crippen LogP contribution is -2.07. The Morgan fingerprint density at radius 3 is 1.95 bits per heavy atom. The SMILES string of the molecule is OCCOCCOCc1c2ccccc2cc2ccccc12. The highest BCUT2D eigenvalue weighted by atomic mass is 16.5. The summed E-state index contributed by atoms with van der Waals surface area (Å²) in [5.74, 6) is 0. The highest BCUT2D eigenvalue weighted by Gasteiger charge is 2.07. The molecule has 0 bridgehead atoms. The number of hydrogen-bond acceptors (Lipinski definition) is 3. The maximum absolute atomic E-state index is 8.67. The van der Waals surface area contributed by atoms with Crippen molar-refractivity contribution in [1.82, 2.24) is 0 Å². The summed E-state index contributed by atoms with van der Waals surface area (Å²) in [6, 6.07) is 19.0. The molecule has 3 aromatic carbocycles. The van der Waals surface area contributed by atoms with E-state index in [1.807, 2.05) is 0 Å². The standard InChI is InChI=1S/C19H20O3/c20-9-10-21-11-12-22-14-19-17-7-3-1-5-15(17)13-16-6-2-4-8-18(16)19/h1-8,13,20H,9-12,14H2. The van der Waals surface area contributed by atoms with Gasteiger partial charge in [0.2, 0.25) is 0 Å². The maximum Gasteiger partial charge on any atom is 0.0730 e. The number of ether oxygens (including phenoxy) is 2. The third kappa shape index (κ3) is 3.28. The highest BCUT2D eigenvalue weighted by molar-refractivity contribution is 6.02. The molecule has 0 aliphatic heterocycles. The monoisotopic (exact) mass is 296 g/mol. The van der Waals surface area contributed by atoms with Crippen molar-refractivity contribution in [3.05, 3.63) is 60.2 Å². The maximum atomic E-state index is 8.67. The summed E-state index contributed by atoms with van der Waals surface area (Å²) in [5.41, 5.74) is 1.22. The fourth-order valence-electron chi connectivity index (χ4n) is 2.72. The lowest BCUT2D eigenvalue weighted by atomic mass is 9.97. The van der Waals surface area contributed by atoms with E-state index in [1.54, 1.807) is 0 Å². The minimum atomic E-state index is 0.0496. The molecule has 0 fully saturated rings. The average molecular weight is 296 g/mol. The quantitative estimate of drug-likeness (QED) is 0.535. The molecule has 0 saturated heterocycles. The van der Waals surface area contributed by atoms with Gasteiger partial charge in [-0.05, 0) is 33.2 Å². The van der Waals surface area contributed by atoms with E-state index >= 15 is 0 Å². The number of aliphatic hydroxyl groups excluding tert-OH is 1. The Bertz CT molecular complexity index is 698. The molecule has 0 spiro atoms. The summed E-state index contributed by atoms with van der Waals surface area (Å²) in [5, 5.41) is 13.6. The molecule has 1 N–H and O–H groups in total. The van der Waals surface area contributed by atoms with E-state index in [4.69, 9.17) is 14.6 Å². The van der Waals surface area contributed by atoms with Crippen molar-refractivity contribution < 1.29 is 14.6 Å². The van der Waals surface area contributed by atoms with Gasteiger partial charge in [0.25, 0.3) is 0 Å². The first kappa shape index (κ1) is 15.0. The van der Waals surface area contributed by atoms with E-state index in [2.05, 4.69) is 54.6 Å². The zero-order valence-electron chi connectivity index (χ0n) is 12.5. The van der Waals surface area contributed by atoms with Gasteiger partial charge >= 0.3 is 0 Å². The Hall–Kier alpha value is -1.94. The number of aliphatic hydroxyl groups is 1. The first-order valence-electron chi connectivity index (χ1n) is 7.56. The third-order valence-electron chi connectivity index (χ3n) is 3.74. The van der Waals surface area contributed by atoms with Crippen LogP contribution in [-0.4, -0.2) is 31.5 Å². The van der Waals surface area contributed by atoms with E-state index in [0.717, 1.165) is 0 Å². The zero-order chi connectivity index (χ0) is 15.2. The molecule has 3 heteroatoms. The summed E-state index contributed by atoms with van der Waals surface area (Å²) in [6.07, 6.45) is 0. The first-order chi connectivity index (χ1) is 10.9. The summed E-state index contributed by atoms with van der Waals surface area (Å²) < 4.78 is 11.0. The van der Waals surface area contributed by atoms with Crippen molar-refractivity contribution >= 4 is 21.5 Å². The van der Waals surface area contributed by atoms with Crippen LogP contribution in [0.3, 0.4) is 0 Å². The van der Waals surface area contributed by atoms with Gasteiger partial charge in [-0.2, -0.15) is 0 Å². The van der Waals surface area contributed by atoms with Gasteiger partial charge in [0.15, 0.2) is 0 Å². The normalized spacial score (nSPS) is 11.3. The van der Waals surface area contributed by atoms with Crippen molar-refractivity contribution in [3.63, 3.8) is 0 Å². The van der Waals surface area contributed by atoms with E-state index < -0.39 is 0 Å². The summed E-state index contributed by atoms with van der Waals surface area (Å²) in [6.45, 7) is 2.00. The van der Waals surface area contributed by atoms with Crippen molar-refractivity contribution in [2.45, 2.75) is 6.61 Å². The number of hydrogen-bond donors (Lipinski definition) is 1. The van der Waals surface area contributed by atoms with Gasteiger partial charge in [0.1, 0.15) is 0 Å². The van der Waals surface area contributed by atoms with Crippen LogP contribution in [0.25, 0.3) is 21.5 Å². The second kappa shape index (κ2) is 7.36. The number of benzene rings is 3. The lowest BCUT2D eigenvalue weighted by molar-refractivity contribution is 0.0280. The Kier molecular flexibility index (Phi) is 5.01. The van der Waals surface area contributed by atoms with Crippen LogP contribution in [0.15, 0.2) is 54.6 Å². The zero-order valence-corrected chi connectivity index (χ0v) is 12.5. The van der Waals surface area contributed by atoms with E-state index in [0.29, 0.717) is 26.4 Å². The molecule has 0 heterocycles. The van der Waals surface area contributed by atoms with Gasteiger partial charge in [0.05, 0.1) is 33.0 Å². The predicted molar refractivity (Wildman–Crippen MR) is 89.0 cm³/mol. The third-order valence-corrected chi connectivity index (χ3v) is 3.74. The minimum Gasteiger partial charge on any atom is -0.394 e. The van der Waals surface area contributed by atoms with Crippen LogP contribution < -0.4 is 0 Å². The van der Waals surface area contributed by atoms with Crippen LogP contribution in [0.2, 0.25) is 0 Å². The molecule has 114 valence electrons. The van der Waals surface area contributed by atoms with E-state index in [-0.39, 0.29) is 6.61 Å². The average Bonchev–Trinajstić information content (AvgIpc) is 2.57. The largest absolute Gasteiger partial charge is 0.394 e. The Balaban J connectivity index is 1.85. The van der Waals surface area contributed by atoms with Gasteiger partial charge in [0, 0.05) is 0 Å². The molecule has 0 unspecified atom stereocenters. The van der Waals surface area contributed by atoms with Crippen molar-refractivity contribution in [2.75, 3.05) is 26.4 Å². The minimum absolute atomic E-state index is 0.0496. The van der Waals surface area contributed by atoms with Gasteiger partial charge in [-0.15, -0.1) is 0 Å². The Morgan fingerprint density at radius 2 is 1.32 bits per heavy atom. The summed E-state index contributed by atoms with van der Waals surface area (Å²) >= 11 is 0. The Labute approximate surface area is 130 Å². The first-order valence-corrected chi connectivity index (χ1v) is 7.56. The molecule has 0 radical (unpaired) electrons. The van der Waals surface area contributed by atoms with Crippen LogP contribution in [-0.2, 0) is 16.1 Å². The molecule has 3 rings (SSSR count). The van der Waals surface area contributed by atoms with Crippen LogP contribution in [0.1, 0.15) is 5.56 Å². The summed E-state index contributed by atoms with van der Waals surface area (Å²) in [4.78, 5) is 0. The van der Waals surface area contributed by atoms with E-state index in [1.165, 1.54) is 27.1 Å². The smallest absolute Gasteiger partial charge is 0.0730 e. The lowest BCUT2D eigenvalue weighted by Gasteiger charge is -2.12. The molecule has 0 aliphatic carbocycles. The molecule has 0 atom stereocenters. The van der Waals surface area contributed by atoms with E-state index in [9.17, 15) is 0 Å². The predicted octanol–water partition coefficient (Wildman–Crippen LogP) is 3.52. The Morgan fingerprint density at radius 1 is 0.727 bits per heavy atom. The molecule has 3 nitrogen and oxygen atoms in total. The second-order valence-electron chi connectivity index (χ2n) is 5.19. The molecular weight excluding hydrogens is 276 g/mol. The van der Waals surface area contributed by atoms with Crippen LogP contribution in [0.5, 0.6) is 0 Å². The van der Waals surface area contributed by atoms with Crippen molar-refractivity contribution in [3.8, 4) is 0 Å². The molecule has 0 amide bonds. The molecule has 0 aromatic heterocycles. The second-order valence-corrected chi connectivity index (χ2v) is 5.19. The highest BCUT2D eigenvalue weighted by Crippen LogP contribution is 2.28. The molecule has 22 heavy (non-hydrogen) atoms. The van der Waals surface area contributed by atoms with Gasteiger partial charge in [-0.1, -0.05) is 48.5 Å². The van der Waals surface area contributed by atoms with Gasteiger partial charge < -0.3 is 14.6 Å². The molecule has 3 aromatic rings. The van der Waals surface area contributed by atoms with Gasteiger partial charge in [-0.25, -0.2) is 0 Å². The fourth-order valence-corrected chi connectivity index (χ4v) is 2.72. The topological polar surface area (TPSA) is 38.7 Å². The molecule has 0 aliphatic rings.